The van der Waals surface area contributed by atoms with Crippen molar-refractivity contribution in [1.29, 1.82) is 0 Å². The number of carbonyl (C=O) groups is 2. The van der Waals surface area contributed by atoms with Crippen LogP contribution in [-0.2, 0) is 9.47 Å². The van der Waals surface area contributed by atoms with Crippen molar-refractivity contribution >= 4 is 55.6 Å². The Morgan fingerprint density at radius 2 is 1.29 bits per heavy atom. The van der Waals surface area contributed by atoms with Gasteiger partial charge in [-0.2, -0.15) is 0 Å². The van der Waals surface area contributed by atoms with Crippen LogP contribution in [0.4, 0.5) is 9.59 Å². The standard InChI is InChI=1S/C6H8Cl2O4S2/c7-5(9)11-1-3-13-14-4-2-12-6(8)10/h1-4H2. The fraction of sp³-hybridized carbons (Fsp3) is 0.667. The molecule has 0 rings (SSSR count). The molecule has 0 aromatic heterocycles. The molecule has 8 heteroatoms. The molecule has 0 heterocycles. The third-order valence-electron chi connectivity index (χ3n) is 0.848. The zero-order chi connectivity index (χ0) is 10.8. The molecular formula is C6H8Cl2O4S2. The van der Waals surface area contributed by atoms with Crippen molar-refractivity contribution in [3.8, 4) is 0 Å². The highest BCUT2D eigenvalue weighted by Gasteiger charge is 1.97. The summed E-state index contributed by atoms with van der Waals surface area (Å²) in [6.45, 7) is 0.546. The summed E-state index contributed by atoms with van der Waals surface area (Å²) in [6, 6.07) is 0. The summed E-state index contributed by atoms with van der Waals surface area (Å²) in [5.74, 6) is 1.27. The van der Waals surface area contributed by atoms with Crippen LogP contribution in [0.5, 0.6) is 0 Å². The molecule has 0 aliphatic rings. The summed E-state index contributed by atoms with van der Waals surface area (Å²) in [5, 5.41) is 0. The topological polar surface area (TPSA) is 52.6 Å². The molecule has 0 aromatic rings. The minimum absolute atomic E-state index is 0.273. The van der Waals surface area contributed by atoms with Gasteiger partial charge in [-0.1, -0.05) is 21.6 Å². The highest BCUT2D eigenvalue weighted by atomic mass is 35.5. The minimum Gasteiger partial charge on any atom is -0.453 e. The molecule has 4 nitrogen and oxygen atoms in total. The average Bonchev–Trinajstić information content (AvgIpc) is 2.08. The van der Waals surface area contributed by atoms with Crippen LogP contribution in [0.2, 0.25) is 0 Å². The second kappa shape index (κ2) is 9.76. The molecule has 0 atom stereocenters. The van der Waals surface area contributed by atoms with Gasteiger partial charge in [-0.3, -0.25) is 0 Å². The highest BCUT2D eigenvalue weighted by molar-refractivity contribution is 8.76. The Morgan fingerprint density at radius 1 is 0.929 bits per heavy atom. The normalized spacial score (nSPS) is 9.57. The van der Waals surface area contributed by atoms with Gasteiger partial charge in [-0.15, -0.1) is 0 Å². The summed E-state index contributed by atoms with van der Waals surface area (Å²) in [7, 11) is 2.99. The molecule has 0 N–H and O–H groups in total. The first kappa shape index (κ1) is 14.2. The van der Waals surface area contributed by atoms with E-state index in [4.69, 9.17) is 23.2 Å². The lowest BCUT2D eigenvalue weighted by Gasteiger charge is -2.01. The predicted octanol–water partition coefficient (Wildman–Crippen LogP) is 3.12. The maximum atomic E-state index is 10.1. The van der Waals surface area contributed by atoms with Gasteiger partial charge in [0.1, 0.15) is 13.2 Å². The van der Waals surface area contributed by atoms with Crippen LogP contribution in [0.3, 0.4) is 0 Å². The molecule has 0 fully saturated rings. The van der Waals surface area contributed by atoms with Crippen LogP contribution in [-0.4, -0.2) is 35.6 Å². The fourth-order valence-electron chi connectivity index (χ4n) is 0.430. The van der Waals surface area contributed by atoms with Gasteiger partial charge in [-0.25, -0.2) is 9.59 Å². The molecule has 0 aromatic carbocycles. The van der Waals surface area contributed by atoms with E-state index in [9.17, 15) is 9.59 Å². The molecule has 0 radical (unpaired) electrons. The third-order valence-corrected chi connectivity index (χ3v) is 3.40. The zero-order valence-electron chi connectivity index (χ0n) is 7.03. The lowest BCUT2D eigenvalue weighted by atomic mass is 10.9. The SMILES string of the molecule is O=C(Cl)OCCSSCCOC(=O)Cl. The first-order valence-electron chi connectivity index (χ1n) is 3.52. The van der Waals surface area contributed by atoms with Gasteiger partial charge in [0.15, 0.2) is 0 Å². The quantitative estimate of drug-likeness (QED) is 0.405. The molecule has 0 aliphatic heterocycles. The van der Waals surface area contributed by atoms with E-state index in [2.05, 4.69) is 9.47 Å². The number of ether oxygens (including phenoxy) is 2. The summed E-state index contributed by atoms with van der Waals surface area (Å²) in [5.41, 5.74) is -1.60. The van der Waals surface area contributed by atoms with Gasteiger partial charge in [-0.05, 0) is 0 Å². The van der Waals surface area contributed by atoms with E-state index >= 15 is 0 Å². The first-order chi connectivity index (χ1) is 6.63. The van der Waals surface area contributed by atoms with E-state index in [1.807, 2.05) is 0 Å². The summed E-state index contributed by atoms with van der Waals surface area (Å²) in [6.07, 6.45) is 0. The molecule has 0 unspecified atom stereocenters. The molecular weight excluding hydrogens is 271 g/mol. The molecule has 14 heavy (non-hydrogen) atoms. The van der Waals surface area contributed by atoms with Gasteiger partial charge in [0.25, 0.3) is 0 Å². The Hall–Kier alpha value is 0.220. The van der Waals surface area contributed by atoms with E-state index in [1.54, 1.807) is 0 Å². The molecule has 0 saturated heterocycles. The number of rotatable bonds is 7. The Balaban J connectivity index is 2.99. The predicted molar refractivity (Wildman–Crippen MR) is 59.3 cm³/mol. The van der Waals surface area contributed by atoms with Crippen molar-refractivity contribution in [3.63, 3.8) is 0 Å². The van der Waals surface area contributed by atoms with Crippen molar-refractivity contribution in [2.24, 2.45) is 0 Å². The first-order valence-corrected chi connectivity index (χ1v) is 6.76. The van der Waals surface area contributed by atoms with E-state index < -0.39 is 10.9 Å². The van der Waals surface area contributed by atoms with Crippen LogP contribution in [0, 0.1) is 0 Å². The summed E-state index contributed by atoms with van der Waals surface area (Å²) in [4.78, 5) is 20.2. The van der Waals surface area contributed by atoms with Gasteiger partial charge in [0.2, 0.25) is 0 Å². The van der Waals surface area contributed by atoms with Crippen molar-refractivity contribution in [3.05, 3.63) is 0 Å². The Labute approximate surface area is 99.4 Å². The Kier molecular flexibility index (Phi) is 9.92. The van der Waals surface area contributed by atoms with Crippen molar-refractivity contribution in [2.45, 2.75) is 0 Å². The second-order valence-corrected chi connectivity index (χ2v) is 5.14. The third kappa shape index (κ3) is 12.2. The smallest absolute Gasteiger partial charge is 0.403 e. The largest absolute Gasteiger partial charge is 0.453 e. The fourth-order valence-corrected chi connectivity index (χ4v) is 2.24. The Morgan fingerprint density at radius 3 is 1.57 bits per heavy atom. The van der Waals surface area contributed by atoms with Crippen LogP contribution in [0.15, 0.2) is 0 Å². The average molecular weight is 279 g/mol. The van der Waals surface area contributed by atoms with Gasteiger partial charge >= 0.3 is 10.9 Å². The minimum atomic E-state index is -0.799. The van der Waals surface area contributed by atoms with Gasteiger partial charge in [0, 0.05) is 34.7 Å². The lowest BCUT2D eigenvalue weighted by Crippen LogP contribution is -2.00. The maximum Gasteiger partial charge on any atom is 0.403 e. The monoisotopic (exact) mass is 278 g/mol. The Bertz CT molecular complexity index is 171. The molecule has 0 bridgehead atoms. The van der Waals surface area contributed by atoms with E-state index in [-0.39, 0.29) is 13.2 Å². The number of hydrogen-bond donors (Lipinski definition) is 0. The van der Waals surface area contributed by atoms with E-state index in [1.165, 1.54) is 21.6 Å². The zero-order valence-corrected chi connectivity index (χ0v) is 10.2. The van der Waals surface area contributed by atoms with Gasteiger partial charge in [0.05, 0.1) is 0 Å². The highest BCUT2D eigenvalue weighted by Crippen LogP contribution is 2.20. The van der Waals surface area contributed by atoms with Crippen molar-refractivity contribution < 1.29 is 19.1 Å². The molecule has 82 valence electrons. The van der Waals surface area contributed by atoms with Crippen LogP contribution < -0.4 is 0 Å². The summed E-state index contributed by atoms with van der Waals surface area (Å²) >= 11 is 9.85. The van der Waals surface area contributed by atoms with Crippen LogP contribution in [0.1, 0.15) is 0 Å². The maximum absolute atomic E-state index is 10.1. The van der Waals surface area contributed by atoms with Crippen molar-refractivity contribution in [1.82, 2.24) is 0 Å². The molecule has 0 amide bonds. The second-order valence-electron chi connectivity index (χ2n) is 1.82. The number of carbonyl (C=O) groups excluding carboxylic acids is 2. The van der Waals surface area contributed by atoms with E-state index in [0.29, 0.717) is 11.5 Å². The summed E-state index contributed by atoms with van der Waals surface area (Å²) < 4.78 is 8.94. The lowest BCUT2D eigenvalue weighted by molar-refractivity contribution is 0.180. The van der Waals surface area contributed by atoms with Crippen molar-refractivity contribution in [2.75, 3.05) is 24.7 Å². The molecule has 0 saturated carbocycles. The molecule has 0 spiro atoms. The van der Waals surface area contributed by atoms with Crippen LogP contribution in [0.25, 0.3) is 0 Å². The van der Waals surface area contributed by atoms with Crippen LogP contribution >= 0.6 is 44.8 Å². The molecule has 0 aliphatic carbocycles. The van der Waals surface area contributed by atoms with Gasteiger partial charge < -0.3 is 9.47 Å². The van der Waals surface area contributed by atoms with E-state index in [0.717, 1.165) is 0 Å². The number of halogens is 2. The number of hydrogen-bond acceptors (Lipinski definition) is 6.